The molecule has 1 unspecified atom stereocenters. The largest absolute Gasteiger partial charge is 0.477 e. The third-order valence-electron chi connectivity index (χ3n) is 5.45. The number of fused-ring (bicyclic) bond motifs is 1. The van der Waals surface area contributed by atoms with E-state index in [9.17, 15) is 13.6 Å². The van der Waals surface area contributed by atoms with E-state index in [-0.39, 0.29) is 18.2 Å². The van der Waals surface area contributed by atoms with Crippen LogP contribution in [0, 0.1) is 18.8 Å². The van der Waals surface area contributed by atoms with Crippen molar-refractivity contribution in [3.63, 3.8) is 0 Å². The van der Waals surface area contributed by atoms with E-state index in [1.165, 1.54) is 31.0 Å². The Hall–Kier alpha value is -3.31. The number of anilines is 2. The molecule has 1 amide bonds. The molecule has 4 rings (SSSR count). The maximum absolute atomic E-state index is 13.1. The molecule has 174 valence electrons. The van der Waals surface area contributed by atoms with E-state index in [1.54, 1.807) is 0 Å². The number of ether oxygens (including phenoxy) is 2. The van der Waals surface area contributed by atoms with Crippen LogP contribution in [0.3, 0.4) is 0 Å². The Balaban J connectivity index is 1.42. The molecule has 0 aliphatic carbocycles. The molecule has 1 saturated heterocycles. The highest BCUT2D eigenvalue weighted by atomic mass is 19.3. The van der Waals surface area contributed by atoms with Crippen LogP contribution in [0.25, 0.3) is 0 Å². The number of halogens is 2. The Kier molecular flexibility index (Phi) is 6.70. The Morgan fingerprint density at radius 3 is 2.82 bits per heavy atom. The lowest BCUT2D eigenvalue weighted by Gasteiger charge is -2.27. The van der Waals surface area contributed by atoms with Crippen LogP contribution in [0.4, 0.5) is 20.2 Å². The molecule has 0 bridgehead atoms. The lowest BCUT2D eigenvalue weighted by molar-refractivity contribution is -0.158. The van der Waals surface area contributed by atoms with Crippen molar-refractivity contribution in [1.82, 2.24) is 4.90 Å². The van der Waals surface area contributed by atoms with Crippen LogP contribution in [0.5, 0.6) is 11.5 Å². The molecule has 0 aromatic heterocycles. The van der Waals surface area contributed by atoms with Gasteiger partial charge in [-0.05, 0) is 62.7 Å². The number of aryl methyl sites for hydroxylation is 1. The number of nitrogens with zero attached hydrogens (tertiary/aromatic N) is 1. The minimum atomic E-state index is -3.28. The summed E-state index contributed by atoms with van der Waals surface area (Å²) < 4.78 is 36.6. The van der Waals surface area contributed by atoms with Crippen LogP contribution in [0.15, 0.2) is 36.4 Å². The van der Waals surface area contributed by atoms with E-state index in [1.807, 2.05) is 25.1 Å². The van der Waals surface area contributed by atoms with Gasteiger partial charge in [-0.15, -0.1) is 0 Å². The van der Waals surface area contributed by atoms with Crippen molar-refractivity contribution in [3.05, 3.63) is 47.5 Å². The van der Waals surface area contributed by atoms with Gasteiger partial charge in [0.25, 0.3) is 5.91 Å². The second-order valence-electron chi connectivity index (χ2n) is 8.38. The molecule has 2 heterocycles. The van der Waals surface area contributed by atoms with Crippen molar-refractivity contribution in [3.8, 4) is 23.3 Å². The summed E-state index contributed by atoms with van der Waals surface area (Å²) in [6.45, 7) is 5.71. The predicted octanol–water partition coefficient (Wildman–Crippen LogP) is 4.25. The number of likely N-dealkylation sites (tertiary alicyclic amines) is 1. The van der Waals surface area contributed by atoms with E-state index in [2.05, 4.69) is 32.1 Å². The maximum atomic E-state index is 13.1. The fraction of sp³-hybridized carbons (Fsp3) is 0.400. The minimum Gasteiger partial charge on any atom is -0.477 e. The van der Waals surface area contributed by atoms with Crippen molar-refractivity contribution >= 4 is 17.3 Å². The zero-order valence-corrected chi connectivity index (χ0v) is 18.7. The first-order chi connectivity index (χ1) is 15.8. The van der Waals surface area contributed by atoms with Crippen LogP contribution in [0.2, 0.25) is 0 Å². The maximum Gasteiger partial charge on any atom is 0.394 e. The van der Waals surface area contributed by atoms with Crippen LogP contribution in [-0.4, -0.2) is 49.2 Å². The minimum absolute atomic E-state index is 0.0112. The van der Waals surface area contributed by atoms with E-state index in [0.717, 1.165) is 24.2 Å². The Morgan fingerprint density at radius 2 is 2.06 bits per heavy atom. The molecule has 0 spiro atoms. The first-order valence-electron chi connectivity index (χ1n) is 11.0. The molecule has 1 atom stereocenters. The molecular weight excluding hydrogens is 428 g/mol. The van der Waals surface area contributed by atoms with Crippen molar-refractivity contribution < 1.29 is 23.0 Å². The number of carbonyl (C=O) groups is 1. The van der Waals surface area contributed by atoms with E-state index in [0.29, 0.717) is 30.6 Å². The van der Waals surface area contributed by atoms with E-state index >= 15 is 0 Å². The first-order valence-corrected chi connectivity index (χ1v) is 11.0. The zero-order chi connectivity index (χ0) is 23.4. The SMILES string of the molecule is Cc1ccc(NC(=O)C2CNc3cc(OC(C)(F)F)ccc3O2)c(C#CCN2CCCC2)c1. The highest BCUT2D eigenvalue weighted by Crippen LogP contribution is 2.34. The third-order valence-corrected chi connectivity index (χ3v) is 5.45. The molecule has 2 aromatic carbocycles. The standard InChI is InChI=1S/C25H27F2N3O3/c1-17-7-9-20(18(14-17)6-5-13-30-11-3-4-12-30)29-24(31)23-16-28-21-15-19(33-25(2,26)27)8-10-22(21)32-23/h7-10,14-15,23,28H,3-4,11-13,16H2,1-2H3,(H,29,31). The molecule has 0 radical (unpaired) electrons. The summed E-state index contributed by atoms with van der Waals surface area (Å²) in [5.41, 5.74) is 2.93. The van der Waals surface area contributed by atoms with Gasteiger partial charge in [0.05, 0.1) is 24.5 Å². The van der Waals surface area contributed by atoms with Crippen molar-refractivity contribution in [2.45, 2.75) is 38.9 Å². The van der Waals surface area contributed by atoms with Crippen molar-refractivity contribution in [2.75, 3.05) is 36.8 Å². The van der Waals surface area contributed by atoms with Gasteiger partial charge in [0, 0.05) is 18.6 Å². The second-order valence-corrected chi connectivity index (χ2v) is 8.38. The fourth-order valence-corrected chi connectivity index (χ4v) is 3.84. The second kappa shape index (κ2) is 9.67. The molecule has 2 N–H and O–H groups in total. The van der Waals surface area contributed by atoms with Gasteiger partial charge in [-0.25, -0.2) is 0 Å². The summed E-state index contributed by atoms with van der Waals surface area (Å²) >= 11 is 0. The molecule has 33 heavy (non-hydrogen) atoms. The number of rotatable bonds is 5. The number of amides is 1. The average Bonchev–Trinajstić information content (AvgIpc) is 3.27. The number of hydrogen-bond acceptors (Lipinski definition) is 5. The molecule has 8 heteroatoms. The summed E-state index contributed by atoms with van der Waals surface area (Å²) in [6, 6.07) is 10.0. The number of benzene rings is 2. The molecule has 0 saturated carbocycles. The number of hydrogen-bond donors (Lipinski definition) is 2. The molecular formula is C25H27F2N3O3. The van der Waals surface area contributed by atoms with Gasteiger partial charge < -0.3 is 20.1 Å². The smallest absolute Gasteiger partial charge is 0.394 e. The summed E-state index contributed by atoms with van der Waals surface area (Å²) in [5.74, 6) is 6.49. The topological polar surface area (TPSA) is 62.8 Å². The van der Waals surface area contributed by atoms with Gasteiger partial charge in [-0.2, -0.15) is 8.78 Å². The Bertz CT molecular complexity index is 1080. The predicted molar refractivity (Wildman–Crippen MR) is 123 cm³/mol. The Labute approximate surface area is 192 Å². The van der Waals surface area contributed by atoms with Crippen LogP contribution >= 0.6 is 0 Å². The molecule has 2 aromatic rings. The summed E-state index contributed by atoms with van der Waals surface area (Å²) in [4.78, 5) is 15.2. The zero-order valence-electron chi connectivity index (χ0n) is 18.7. The van der Waals surface area contributed by atoms with Crippen LogP contribution in [0.1, 0.15) is 30.9 Å². The fourth-order valence-electron chi connectivity index (χ4n) is 3.84. The van der Waals surface area contributed by atoms with Gasteiger partial charge in [0.15, 0.2) is 6.10 Å². The molecule has 1 fully saturated rings. The summed E-state index contributed by atoms with van der Waals surface area (Å²) in [6.07, 6.45) is -1.64. The monoisotopic (exact) mass is 455 g/mol. The van der Waals surface area contributed by atoms with E-state index < -0.39 is 12.2 Å². The van der Waals surface area contributed by atoms with Gasteiger partial charge >= 0.3 is 6.11 Å². The third kappa shape index (κ3) is 6.14. The average molecular weight is 456 g/mol. The van der Waals surface area contributed by atoms with Crippen LogP contribution < -0.4 is 20.1 Å². The number of carbonyl (C=O) groups excluding carboxylic acids is 1. The molecule has 2 aliphatic heterocycles. The lowest BCUT2D eigenvalue weighted by Crippen LogP contribution is -2.41. The normalized spacial score (nSPS) is 17.8. The number of nitrogens with one attached hydrogen (secondary N) is 2. The Morgan fingerprint density at radius 1 is 1.27 bits per heavy atom. The molecule has 6 nitrogen and oxygen atoms in total. The number of alkyl halides is 2. The highest BCUT2D eigenvalue weighted by molar-refractivity contribution is 5.96. The van der Waals surface area contributed by atoms with Gasteiger partial charge in [0.1, 0.15) is 11.5 Å². The first kappa shape index (κ1) is 22.9. The van der Waals surface area contributed by atoms with Crippen molar-refractivity contribution in [2.24, 2.45) is 0 Å². The highest BCUT2D eigenvalue weighted by Gasteiger charge is 2.28. The van der Waals surface area contributed by atoms with Gasteiger partial charge in [0.2, 0.25) is 0 Å². The quantitative estimate of drug-likeness (QED) is 0.661. The van der Waals surface area contributed by atoms with Gasteiger partial charge in [-0.1, -0.05) is 17.9 Å². The van der Waals surface area contributed by atoms with Gasteiger partial charge in [-0.3, -0.25) is 9.69 Å². The summed E-state index contributed by atoms with van der Waals surface area (Å²) in [7, 11) is 0. The summed E-state index contributed by atoms with van der Waals surface area (Å²) in [5, 5.41) is 5.97. The van der Waals surface area contributed by atoms with E-state index in [4.69, 9.17) is 4.74 Å². The van der Waals surface area contributed by atoms with Crippen LogP contribution in [-0.2, 0) is 4.79 Å². The molecule has 2 aliphatic rings. The lowest BCUT2D eigenvalue weighted by atomic mass is 10.1. The van der Waals surface area contributed by atoms with Crippen molar-refractivity contribution in [1.29, 1.82) is 0 Å².